The lowest BCUT2D eigenvalue weighted by Gasteiger charge is -2.38. The SMILES string of the molecule is CC1(O)CC(=O)OC(CCc2ccc(Cl)cc2)C1Br. The quantitative estimate of drug-likeness (QED) is 0.675. The zero-order chi connectivity index (χ0) is 14.0. The van der Waals surface area contributed by atoms with Crippen LogP contribution in [0.1, 0.15) is 25.3 Å². The second-order valence-electron chi connectivity index (χ2n) is 5.13. The Balaban J connectivity index is 1.98. The van der Waals surface area contributed by atoms with Gasteiger partial charge < -0.3 is 9.84 Å². The highest BCUT2D eigenvalue weighted by Gasteiger charge is 2.44. The lowest BCUT2D eigenvalue weighted by molar-refractivity contribution is -0.166. The summed E-state index contributed by atoms with van der Waals surface area (Å²) >= 11 is 9.27. The van der Waals surface area contributed by atoms with Crippen molar-refractivity contribution in [1.82, 2.24) is 0 Å². The van der Waals surface area contributed by atoms with Crippen LogP contribution in [0.2, 0.25) is 5.02 Å². The monoisotopic (exact) mass is 346 g/mol. The van der Waals surface area contributed by atoms with E-state index in [2.05, 4.69) is 15.9 Å². The molecule has 3 atom stereocenters. The average molecular weight is 348 g/mol. The Hall–Kier alpha value is -0.580. The van der Waals surface area contributed by atoms with E-state index in [1.807, 2.05) is 24.3 Å². The number of carbonyl (C=O) groups is 1. The number of benzene rings is 1. The van der Waals surface area contributed by atoms with E-state index >= 15 is 0 Å². The van der Waals surface area contributed by atoms with Crippen molar-refractivity contribution in [3.8, 4) is 0 Å². The standard InChI is InChI=1S/C14H16BrClO3/c1-14(18)8-12(17)19-11(13(14)15)7-4-9-2-5-10(16)6-3-9/h2-3,5-6,11,13,18H,4,7-8H2,1H3. The summed E-state index contributed by atoms with van der Waals surface area (Å²) in [6.45, 7) is 1.65. The van der Waals surface area contributed by atoms with Gasteiger partial charge in [-0.15, -0.1) is 0 Å². The molecule has 1 aliphatic rings. The van der Waals surface area contributed by atoms with Crippen LogP contribution in [0.15, 0.2) is 24.3 Å². The molecule has 2 rings (SSSR count). The van der Waals surface area contributed by atoms with E-state index in [0.717, 1.165) is 12.0 Å². The first-order valence-corrected chi connectivity index (χ1v) is 7.48. The molecule has 104 valence electrons. The summed E-state index contributed by atoms with van der Waals surface area (Å²) in [5.41, 5.74) is 0.0744. The summed E-state index contributed by atoms with van der Waals surface area (Å²) in [6, 6.07) is 7.58. The first-order valence-electron chi connectivity index (χ1n) is 6.19. The van der Waals surface area contributed by atoms with Crippen molar-refractivity contribution in [2.24, 2.45) is 0 Å². The third kappa shape index (κ3) is 3.71. The van der Waals surface area contributed by atoms with Gasteiger partial charge in [0.25, 0.3) is 0 Å². The molecule has 0 amide bonds. The third-order valence-corrected chi connectivity index (χ3v) is 5.16. The Labute approximate surface area is 126 Å². The van der Waals surface area contributed by atoms with Gasteiger partial charge in [0.2, 0.25) is 0 Å². The summed E-state index contributed by atoms with van der Waals surface area (Å²) in [5.74, 6) is -0.346. The van der Waals surface area contributed by atoms with E-state index in [0.29, 0.717) is 11.4 Å². The van der Waals surface area contributed by atoms with Gasteiger partial charge in [-0.25, -0.2) is 0 Å². The van der Waals surface area contributed by atoms with E-state index in [1.165, 1.54) is 0 Å². The van der Waals surface area contributed by atoms with Crippen LogP contribution in [0.5, 0.6) is 0 Å². The van der Waals surface area contributed by atoms with E-state index in [-0.39, 0.29) is 23.3 Å². The molecule has 3 unspecified atom stereocenters. The second-order valence-corrected chi connectivity index (χ2v) is 6.55. The molecule has 1 aliphatic heterocycles. The highest BCUT2D eigenvalue weighted by atomic mass is 79.9. The Kier molecular flexibility index (Phi) is 4.54. The maximum absolute atomic E-state index is 11.5. The van der Waals surface area contributed by atoms with Gasteiger partial charge >= 0.3 is 5.97 Å². The molecule has 3 nitrogen and oxygen atoms in total. The minimum atomic E-state index is -1.06. The van der Waals surface area contributed by atoms with E-state index in [9.17, 15) is 9.90 Å². The summed E-state index contributed by atoms with van der Waals surface area (Å²) < 4.78 is 5.31. The maximum atomic E-state index is 11.5. The van der Waals surface area contributed by atoms with Gasteiger partial charge in [-0.1, -0.05) is 39.7 Å². The molecule has 5 heteroatoms. The fourth-order valence-corrected chi connectivity index (χ4v) is 2.89. The number of aliphatic hydroxyl groups is 1. The van der Waals surface area contributed by atoms with Gasteiger partial charge in [-0.3, -0.25) is 4.79 Å². The highest BCUT2D eigenvalue weighted by Crippen LogP contribution is 2.33. The molecule has 0 saturated carbocycles. The highest BCUT2D eigenvalue weighted by molar-refractivity contribution is 9.09. The number of rotatable bonds is 3. The summed E-state index contributed by atoms with van der Waals surface area (Å²) in [7, 11) is 0. The van der Waals surface area contributed by atoms with Gasteiger partial charge in [0.05, 0.1) is 16.8 Å². The van der Waals surface area contributed by atoms with E-state index < -0.39 is 5.60 Å². The molecule has 0 radical (unpaired) electrons. The van der Waals surface area contributed by atoms with Crippen LogP contribution in [-0.2, 0) is 16.0 Å². The number of ether oxygens (including phenoxy) is 1. The molecule has 1 fully saturated rings. The Bertz CT molecular complexity index is 458. The molecule has 1 saturated heterocycles. The minimum absolute atomic E-state index is 0.0281. The molecular formula is C14H16BrClO3. The average Bonchev–Trinajstić information content (AvgIpc) is 2.33. The number of hydrogen-bond acceptors (Lipinski definition) is 3. The number of esters is 1. The summed E-state index contributed by atoms with van der Waals surface area (Å²) in [6.07, 6.45) is 1.15. The van der Waals surface area contributed by atoms with Crippen LogP contribution in [-0.4, -0.2) is 27.6 Å². The maximum Gasteiger partial charge on any atom is 0.309 e. The van der Waals surface area contributed by atoms with Crippen molar-refractivity contribution in [1.29, 1.82) is 0 Å². The number of halogens is 2. The van der Waals surface area contributed by atoms with Crippen molar-refractivity contribution >= 4 is 33.5 Å². The van der Waals surface area contributed by atoms with Crippen molar-refractivity contribution < 1.29 is 14.6 Å². The molecule has 0 spiro atoms. The minimum Gasteiger partial charge on any atom is -0.461 e. The van der Waals surface area contributed by atoms with Crippen molar-refractivity contribution in [3.05, 3.63) is 34.9 Å². The predicted octanol–water partition coefficient (Wildman–Crippen LogP) is 3.10. The zero-order valence-corrected chi connectivity index (χ0v) is 12.9. The van der Waals surface area contributed by atoms with Crippen LogP contribution >= 0.6 is 27.5 Å². The van der Waals surface area contributed by atoms with Crippen LogP contribution < -0.4 is 0 Å². The first-order chi connectivity index (χ1) is 8.88. The second kappa shape index (κ2) is 5.81. The lowest BCUT2D eigenvalue weighted by atomic mass is 9.89. The molecule has 1 aromatic carbocycles. The lowest BCUT2D eigenvalue weighted by Crippen LogP contribution is -2.51. The Morgan fingerprint density at radius 1 is 1.47 bits per heavy atom. The third-order valence-electron chi connectivity index (χ3n) is 3.34. The number of aryl methyl sites for hydroxylation is 1. The van der Waals surface area contributed by atoms with Crippen LogP contribution in [0, 0.1) is 0 Å². The van der Waals surface area contributed by atoms with Gasteiger partial charge in [0, 0.05) is 5.02 Å². The van der Waals surface area contributed by atoms with Gasteiger partial charge in [-0.2, -0.15) is 0 Å². The van der Waals surface area contributed by atoms with E-state index in [1.54, 1.807) is 6.92 Å². The molecule has 1 N–H and O–H groups in total. The van der Waals surface area contributed by atoms with Crippen LogP contribution in [0.25, 0.3) is 0 Å². The molecule has 19 heavy (non-hydrogen) atoms. The van der Waals surface area contributed by atoms with E-state index in [4.69, 9.17) is 16.3 Å². The normalized spacial score (nSPS) is 31.1. The smallest absolute Gasteiger partial charge is 0.309 e. The summed E-state index contributed by atoms with van der Waals surface area (Å²) in [4.78, 5) is 11.2. The molecule has 0 bridgehead atoms. The largest absolute Gasteiger partial charge is 0.461 e. The fraction of sp³-hybridized carbons (Fsp3) is 0.500. The van der Waals surface area contributed by atoms with Crippen molar-refractivity contribution in [2.75, 3.05) is 0 Å². The molecule has 1 heterocycles. The number of hydrogen-bond donors (Lipinski definition) is 1. The number of carbonyl (C=O) groups excluding carboxylic acids is 1. The number of alkyl halides is 1. The molecule has 0 aliphatic carbocycles. The Morgan fingerprint density at radius 3 is 2.74 bits per heavy atom. The van der Waals surface area contributed by atoms with Gasteiger partial charge in [0.1, 0.15) is 6.10 Å². The zero-order valence-electron chi connectivity index (χ0n) is 10.6. The summed E-state index contributed by atoms with van der Waals surface area (Å²) in [5, 5.41) is 10.9. The van der Waals surface area contributed by atoms with Gasteiger partial charge in [0.15, 0.2) is 0 Å². The molecule has 1 aromatic rings. The number of cyclic esters (lactones) is 1. The fourth-order valence-electron chi connectivity index (χ4n) is 2.23. The van der Waals surface area contributed by atoms with Crippen molar-refractivity contribution in [3.63, 3.8) is 0 Å². The molecule has 0 aromatic heterocycles. The van der Waals surface area contributed by atoms with Crippen LogP contribution in [0.4, 0.5) is 0 Å². The predicted molar refractivity (Wildman–Crippen MR) is 77.6 cm³/mol. The first kappa shape index (κ1) is 14.8. The molecular weight excluding hydrogens is 332 g/mol. The van der Waals surface area contributed by atoms with Gasteiger partial charge in [-0.05, 0) is 37.5 Å². The topological polar surface area (TPSA) is 46.5 Å². The van der Waals surface area contributed by atoms with Crippen molar-refractivity contribution in [2.45, 2.75) is 42.7 Å². The van der Waals surface area contributed by atoms with Crippen LogP contribution in [0.3, 0.4) is 0 Å². The Morgan fingerprint density at radius 2 is 2.11 bits per heavy atom.